The van der Waals surface area contributed by atoms with E-state index < -0.39 is 22.5 Å². The predicted molar refractivity (Wildman–Crippen MR) is 112 cm³/mol. The Hall–Kier alpha value is -2.65. The number of rotatable bonds is 10. The summed E-state index contributed by atoms with van der Waals surface area (Å²) in [5, 5.41) is 2.87. The van der Waals surface area contributed by atoms with E-state index in [1.165, 1.54) is 32.4 Å². The lowest BCUT2D eigenvalue weighted by molar-refractivity contribution is -0.119. The molecular weight excluding hydrogens is 420 g/mol. The normalized spacial score (nSPS) is 10.9. The van der Waals surface area contributed by atoms with Crippen molar-refractivity contribution in [2.75, 3.05) is 44.5 Å². The van der Waals surface area contributed by atoms with Gasteiger partial charge >= 0.3 is 0 Å². The maximum Gasteiger partial charge on any atom is 0.240 e. The number of carbonyl (C=O) groups is 1. The first kappa shape index (κ1) is 22.6. The fourth-order valence-electron chi connectivity index (χ4n) is 2.49. The van der Waals surface area contributed by atoms with Crippen LogP contribution in [-0.2, 0) is 14.8 Å². The molecule has 1 amide bonds. The third-order valence-corrected chi connectivity index (χ3v) is 5.30. The Labute approximate surface area is 175 Å². The van der Waals surface area contributed by atoms with E-state index >= 15 is 0 Å². The van der Waals surface area contributed by atoms with Crippen molar-refractivity contribution in [3.05, 3.63) is 47.5 Å². The lowest BCUT2D eigenvalue weighted by Crippen LogP contribution is -2.41. The first-order valence-corrected chi connectivity index (χ1v) is 10.8. The van der Waals surface area contributed by atoms with Crippen LogP contribution in [-0.4, -0.2) is 54.5 Å². The summed E-state index contributed by atoms with van der Waals surface area (Å²) in [7, 11) is -0.716. The number of amides is 1. The molecule has 8 nitrogen and oxygen atoms in total. The minimum atomic E-state index is -3.71. The van der Waals surface area contributed by atoms with Gasteiger partial charge in [0.05, 0.1) is 37.7 Å². The topological polar surface area (TPSA) is 94.2 Å². The van der Waals surface area contributed by atoms with Crippen molar-refractivity contribution >= 4 is 33.2 Å². The van der Waals surface area contributed by atoms with E-state index in [0.717, 1.165) is 10.6 Å². The van der Waals surface area contributed by atoms with E-state index in [4.69, 9.17) is 25.8 Å². The number of hydrogen-bond donors (Lipinski definition) is 1. The highest BCUT2D eigenvalue weighted by Gasteiger charge is 2.21. The maximum atomic E-state index is 12.3. The second kappa shape index (κ2) is 10.2. The molecule has 0 saturated carbocycles. The molecule has 0 aromatic heterocycles. The molecular formula is C19H23ClN2O6S. The van der Waals surface area contributed by atoms with E-state index in [2.05, 4.69) is 5.32 Å². The number of methoxy groups -OCH3 is 2. The van der Waals surface area contributed by atoms with Gasteiger partial charge in [-0.2, -0.15) is 0 Å². The van der Waals surface area contributed by atoms with Crippen LogP contribution < -0.4 is 23.8 Å². The summed E-state index contributed by atoms with van der Waals surface area (Å²) in [6, 6.07) is 11.6. The third kappa shape index (κ3) is 6.43. The molecule has 0 heterocycles. The molecule has 0 atom stereocenters. The van der Waals surface area contributed by atoms with E-state index in [-0.39, 0.29) is 23.9 Å². The smallest absolute Gasteiger partial charge is 0.240 e. The van der Waals surface area contributed by atoms with E-state index in [1.807, 2.05) is 6.07 Å². The zero-order chi connectivity index (χ0) is 21.4. The molecule has 0 aliphatic heterocycles. The van der Waals surface area contributed by atoms with Gasteiger partial charge in [-0.05, 0) is 30.3 Å². The Morgan fingerprint density at radius 2 is 1.72 bits per heavy atom. The molecule has 0 spiro atoms. The van der Waals surface area contributed by atoms with E-state index in [0.29, 0.717) is 17.2 Å². The van der Waals surface area contributed by atoms with Crippen LogP contribution in [0.15, 0.2) is 42.5 Å². The molecule has 2 rings (SSSR count). The molecule has 2 aromatic carbocycles. The molecule has 29 heavy (non-hydrogen) atoms. The Morgan fingerprint density at radius 3 is 2.31 bits per heavy atom. The van der Waals surface area contributed by atoms with Crippen molar-refractivity contribution in [3.63, 3.8) is 0 Å². The van der Waals surface area contributed by atoms with Gasteiger partial charge in [-0.1, -0.05) is 23.7 Å². The monoisotopic (exact) mass is 442 g/mol. The lowest BCUT2D eigenvalue weighted by Gasteiger charge is -2.22. The minimum Gasteiger partial charge on any atom is -0.495 e. The summed E-state index contributed by atoms with van der Waals surface area (Å²) in [6.07, 6.45) is 1.02. The van der Waals surface area contributed by atoms with Crippen LogP contribution in [0.3, 0.4) is 0 Å². The Kier molecular flexibility index (Phi) is 7.98. The van der Waals surface area contributed by atoms with Crippen molar-refractivity contribution in [1.82, 2.24) is 5.32 Å². The average molecular weight is 443 g/mol. The fourth-order valence-corrected chi connectivity index (χ4v) is 3.59. The molecule has 1 N–H and O–H groups in total. The summed E-state index contributed by atoms with van der Waals surface area (Å²) in [5.74, 6) is 1.06. The highest BCUT2D eigenvalue weighted by Crippen LogP contribution is 2.30. The maximum absolute atomic E-state index is 12.3. The summed E-state index contributed by atoms with van der Waals surface area (Å²) >= 11 is 6.07. The summed E-state index contributed by atoms with van der Waals surface area (Å²) in [4.78, 5) is 12.3. The number of anilines is 1. The number of carbonyl (C=O) groups excluding carboxylic acids is 1. The Morgan fingerprint density at radius 1 is 1.07 bits per heavy atom. The zero-order valence-electron chi connectivity index (χ0n) is 16.3. The number of para-hydroxylation sites is 2. The first-order valence-electron chi connectivity index (χ1n) is 8.60. The highest BCUT2D eigenvalue weighted by atomic mass is 35.5. The van der Waals surface area contributed by atoms with Gasteiger partial charge in [-0.15, -0.1) is 0 Å². The van der Waals surface area contributed by atoms with Crippen molar-refractivity contribution < 1.29 is 27.4 Å². The SMILES string of the molecule is COc1ccc(N(CC(=O)NCCOc2ccccc2OC)S(C)(=O)=O)cc1Cl. The van der Waals surface area contributed by atoms with Crippen molar-refractivity contribution in [2.24, 2.45) is 0 Å². The van der Waals surface area contributed by atoms with Crippen LogP contribution in [0.1, 0.15) is 0 Å². The molecule has 0 aliphatic rings. The van der Waals surface area contributed by atoms with Crippen LogP contribution in [0.2, 0.25) is 5.02 Å². The van der Waals surface area contributed by atoms with Crippen LogP contribution in [0.4, 0.5) is 5.69 Å². The van der Waals surface area contributed by atoms with Gasteiger partial charge in [0.1, 0.15) is 18.9 Å². The molecule has 10 heteroatoms. The second-order valence-electron chi connectivity index (χ2n) is 5.94. The molecule has 0 unspecified atom stereocenters. The van der Waals surface area contributed by atoms with Crippen LogP contribution in [0, 0.1) is 0 Å². The molecule has 2 aromatic rings. The third-order valence-electron chi connectivity index (χ3n) is 3.86. The molecule has 0 aliphatic carbocycles. The van der Waals surface area contributed by atoms with Crippen molar-refractivity contribution in [3.8, 4) is 17.2 Å². The number of halogens is 1. The number of ether oxygens (including phenoxy) is 3. The van der Waals surface area contributed by atoms with Gasteiger partial charge < -0.3 is 19.5 Å². The number of sulfonamides is 1. The largest absolute Gasteiger partial charge is 0.495 e. The van der Waals surface area contributed by atoms with Gasteiger partial charge in [-0.3, -0.25) is 9.10 Å². The highest BCUT2D eigenvalue weighted by molar-refractivity contribution is 7.92. The van der Waals surface area contributed by atoms with Crippen molar-refractivity contribution in [2.45, 2.75) is 0 Å². The summed E-state index contributed by atoms with van der Waals surface area (Å²) in [5.41, 5.74) is 0.263. The van der Waals surface area contributed by atoms with E-state index in [9.17, 15) is 13.2 Å². The molecule has 0 radical (unpaired) electrons. The van der Waals surface area contributed by atoms with Gasteiger partial charge in [0.2, 0.25) is 15.9 Å². The Bertz CT molecular complexity index is 951. The van der Waals surface area contributed by atoms with Gasteiger partial charge in [0, 0.05) is 0 Å². The standard InChI is InChI=1S/C19H23ClN2O6S/c1-26-16-9-8-14(12-15(16)20)22(29(3,24)25)13-19(23)21-10-11-28-18-7-5-4-6-17(18)27-2/h4-9,12H,10-11,13H2,1-3H3,(H,21,23). The molecule has 158 valence electrons. The number of hydrogen-bond acceptors (Lipinski definition) is 6. The molecule has 0 fully saturated rings. The zero-order valence-corrected chi connectivity index (χ0v) is 17.9. The quantitative estimate of drug-likeness (QED) is 0.567. The lowest BCUT2D eigenvalue weighted by atomic mass is 10.3. The first-order chi connectivity index (χ1) is 13.8. The predicted octanol–water partition coefficient (Wildman–Crippen LogP) is 2.32. The fraction of sp³-hybridized carbons (Fsp3) is 0.316. The summed E-state index contributed by atoms with van der Waals surface area (Å²) in [6.45, 7) is -0.00659. The van der Waals surface area contributed by atoms with Crippen LogP contribution >= 0.6 is 11.6 Å². The van der Waals surface area contributed by atoms with Gasteiger partial charge in [-0.25, -0.2) is 8.42 Å². The number of nitrogens with zero attached hydrogens (tertiary/aromatic N) is 1. The summed E-state index contributed by atoms with van der Waals surface area (Å²) < 4.78 is 41.1. The van der Waals surface area contributed by atoms with Crippen molar-refractivity contribution in [1.29, 1.82) is 0 Å². The second-order valence-corrected chi connectivity index (χ2v) is 8.25. The number of benzene rings is 2. The Balaban J connectivity index is 1.96. The minimum absolute atomic E-state index is 0.192. The van der Waals surface area contributed by atoms with Gasteiger partial charge in [0.25, 0.3) is 0 Å². The van der Waals surface area contributed by atoms with Crippen LogP contribution in [0.25, 0.3) is 0 Å². The molecule has 0 saturated heterocycles. The number of nitrogens with one attached hydrogen (secondary N) is 1. The van der Waals surface area contributed by atoms with Gasteiger partial charge in [0.15, 0.2) is 11.5 Å². The van der Waals surface area contributed by atoms with Crippen LogP contribution in [0.5, 0.6) is 17.2 Å². The molecule has 0 bridgehead atoms. The average Bonchev–Trinajstić information content (AvgIpc) is 2.68. The van der Waals surface area contributed by atoms with E-state index in [1.54, 1.807) is 18.2 Å².